The van der Waals surface area contributed by atoms with Gasteiger partial charge in [-0.25, -0.2) is 0 Å². The van der Waals surface area contributed by atoms with E-state index in [0.29, 0.717) is 0 Å². The van der Waals surface area contributed by atoms with Crippen LogP contribution < -0.4 is 5.73 Å². The van der Waals surface area contributed by atoms with Crippen molar-refractivity contribution in [1.82, 2.24) is 0 Å². The SMILES string of the molecule is NC(CS)CCSCc1ccccc1. The summed E-state index contributed by atoms with van der Waals surface area (Å²) in [6.07, 6.45) is 1.06. The molecular formula is C11H17NS2. The number of thioether (sulfide) groups is 1. The van der Waals surface area contributed by atoms with E-state index in [1.54, 1.807) is 0 Å². The van der Waals surface area contributed by atoms with Crippen molar-refractivity contribution < 1.29 is 0 Å². The standard InChI is InChI=1S/C11H17NS2/c12-11(8-13)6-7-14-9-10-4-2-1-3-5-10/h1-5,11,13H,6-9,12H2. The first kappa shape index (κ1) is 12.0. The van der Waals surface area contributed by atoms with E-state index >= 15 is 0 Å². The molecule has 0 spiro atoms. The molecule has 1 unspecified atom stereocenters. The van der Waals surface area contributed by atoms with Gasteiger partial charge in [-0.1, -0.05) is 30.3 Å². The molecule has 0 aliphatic rings. The fourth-order valence-corrected chi connectivity index (χ4v) is 2.31. The van der Waals surface area contributed by atoms with Crippen LogP contribution in [0.4, 0.5) is 0 Å². The first-order chi connectivity index (χ1) is 6.83. The second kappa shape index (κ2) is 7.21. The highest BCUT2D eigenvalue weighted by Crippen LogP contribution is 2.13. The highest BCUT2D eigenvalue weighted by molar-refractivity contribution is 7.98. The zero-order valence-corrected chi connectivity index (χ0v) is 9.94. The molecule has 0 fully saturated rings. The van der Waals surface area contributed by atoms with Crippen molar-refractivity contribution in [3.63, 3.8) is 0 Å². The van der Waals surface area contributed by atoms with E-state index in [0.717, 1.165) is 23.7 Å². The van der Waals surface area contributed by atoms with Crippen LogP contribution in [0.3, 0.4) is 0 Å². The molecule has 1 aromatic rings. The number of hydrogen-bond donors (Lipinski definition) is 2. The Labute approximate surface area is 95.9 Å². The van der Waals surface area contributed by atoms with Crippen molar-refractivity contribution in [3.05, 3.63) is 35.9 Å². The molecule has 14 heavy (non-hydrogen) atoms. The average molecular weight is 227 g/mol. The summed E-state index contributed by atoms with van der Waals surface area (Å²) in [4.78, 5) is 0. The van der Waals surface area contributed by atoms with Gasteiger partial charge in [0.2, 0.25) is 0 Å². The Balaban J connectivity index is 2.10. The van der Waals surface area contributed by atoms with E-state index in [4.69, 9.17) is 5.73 Å². The first-order valence-corrected chi connectivity index (χ1v) is 6.59. The Morgan fingerprint density at radius 1 is 1.29 bits per heavy atom. The molecule has 0 aliphatic carbocycles. The van der Waals surface area contributed by atoms with Gasteiger partial charge >= 0.3 is 0 Å². The van der Waals surface area contributed by atoms with Gasteiger partial charge in [0, 0.05) is 17.5 Å². The minimum atomic E-state index is 0.251. The molecule has 1 aromatic carbocycles. The van der Waals surface area contributed by atoms with E-state index in [1.165, 1.54) is 5.56 Å². The van der Waals surface area contributed by atoms with Crippen LogP contribution in [0.15, 0.2) is 30.3 Å². The summed E-state index contributed by atoms with van der Waals surface area (Å²) >= 11 is 6.09. The Hall–Kier alpha value is -0.120. The van der Waals surface area contributed by atoms with Gasteiger partial charge in [-0.2, -0.15) is 24.4 Å². The summed E-state index contributed by atoms with van der Waals surface area (Å²) in [6, 6.07) is 10.8. The van der Waals surface area contributed by atoms with Crippen molar-refractivity contribution in [2.45, 2.75) is 18.2 Å². The fraction of sp³-hybridized carbons (Fsp3) is 0.455. The van der Waals surface area contributed by atoms with Gasteiger partial charge in [0.05, 0.1) is 0 Å². The Morgan fingerprint density at radius 3 is 2.64 bits per heavy atom. The zero-order chi connectivity index (χ0) is 10.2. The highest BCUT2D eigenvalue weighted by atomic mass is 32.2. The van der Waals surface area contributed by atoms with Gasteiger partial charge in [0.15, 0.2) is 0 Å². The van der Waals surface area contributed by atoms with E-state index in [9.17, 15) is 0 Å². The maximum absolute atomic E-state index is 5.76. The topological polar surface area (TPSA) is 26.0 Å². The molecule has 0 heterocycles. The fourth-order valence-electron chi connectivity index (χ4n) is 1.09. The summed E-state index contributed by atoms with van der Waals surface area (Å²) in [5.74, 6) is 2.99. The van der Waals surface area contributed by atoms with Crippen LogP contribution in [0, 0.1) is 0 Å². The third-order valence-electron chi connectivity index (χ3n) is 1.98. The number of benzene rings is 1. The lowest BCUT2D eigenvalue weighted by Gasteiger charge is -2.07. The van der Waals surface area contributed by atoms with Crippen LogP contribution in [-0.2, 0) is 5.75 Å². The Kier molecular flexibility index (Phi) is 6.15. The van der Waals surface area contributed by atoms with E-state index in [2.05, 4.69) is 36.9 Å². The lowest BCUT2D eigenvalue weighted by molar-refractivity contribution is 0.733. The first-order valence-electron chi connectivity index (χ1n) is 4.81. The van der Waals surface area contributed by atoms with Gasteiger partial charge in [0.1, 0.15) is 0 Å². The lowest BCUT2D eigenvalue weighted by Crippen LogP contribution is -2.22. The second-order valence-corrected chi connectivity index (χ2v) is 4.74. The van der Waals surface area contributed by atoms with Crippen LogP contribution in [0.25, 0.3) is 0 Å². The minimum Gasteiger partial charge on any atom is -0.327 e. The molecule has 0 radical (unpaired) electrons. The molecule has 0 aromatic heterocycles. The summed E-state index contributed by atoms with van der Waals surface area (Å²) < 4.78 is 0. The molecule has 2 N–H and O–H groups in total. The molecule has 1 nitrogen and oxygen atoms in total. The molecule has 0 aliphatic heterocycles. The monoisotopic (exact) mass is 227 g/mol. The van der Waals surface area contributed by atoms with Gasteiger partial charge < -0.3 is 5.73 Å². The van der Waals surface area contributed by atoms with Gasteiger partial charge in [0.25, 0.3) is 0 Å². The summed E-state index contributed by atoms with van der Waals surface area (Å²) in [7, 11) is 0. The number of nitrogens with two attached hydrogens (primary N) is 1. The number of rotatable bonds is 6. The smallest absolute Gasteiger partial charge is 0.0184 e. The van der Waals surface area contributed by atoms with Gasteiger partial charge in [-0.15, -0.1) is 0 Å². The third kappa shape index (κ3) is 4.94. The van der Waals surface area contributed by atoms with E-state index in [-0.39, 0.29) is 6.04 Å². The molecule has 1 atom stereocenters. The molecule has 0 saturated heterocycles. The third-order valence-corrected chi connectivity index (χ3v) is 3.51. The highest BCUT2D eigenvalue weighted by Gasteiger charge is 1.99. The van der Waals surface area contributed by atoms with Crippen LogP contribution in [0.5, 0.6) is 0 Å². The Morgan fingerprint density at radius 2 is 2.00 bits per heavy atom. The molecule has 78 valence electrons. The van der Waals surface area contributed by atoms with Crippen molar-refractivity contribution >= 4 is 24.4 Å². The quantitative estimate of drug-likeness (QED) is 0.577. The molecular weight excluding hydrogens is 210 g/mol. The Bertz CT molecular complexity index is 238. The van der Waals surface area contributed by atoms with E-state index < -0.39 is 0 Å². The summed E-state index contributed by atoms with van der Waals surface area (Å²) in [5, 5.41) is 0. The largest absolute Gasteiger partial charge is 0.327 e. The average Bonchev–Trinajstić information content (AvgIpc) is 2.25. The van der Waals surface area contributed by atoms with Crippen molar-refractivity contribution in [3.8, 4) is 0 Å². The van der Waals surface area contributed by atoms with Crippen LogP contribution >= 0.6 is 24.4 Å². The molecule has 1 rings (SSSR count). The van der Waals surface area contributed by atoms with Crippen LogP contribution in [0.1, 0.15) is 12.0 Å². The number of thiol groups is 1. The van der Waals surface area contributed by atoms with Crippen molar-refractivity contribution in [2.24, 2.45) is 5.73 Å². The predicted molar refractivity (Wildman–Crippen MR) is 69.0 cm³/mol. The second-order valence-electron chi connectivity index (χ2n) is 3.27. The van der Waals surface area contributed by atoms with Gasteiger partial charge in [-0.3, -0.25) is 0 Å². The normalized spacial score (nSPS) is 12.7. The summed E-state index contributed by atoms with van der Waals surface area (Å²) in [6.45, 7) is 0. The van der Waals surface area contributed by atoms with Crippen molar-refractivity contribution in [1.29, 1.82) is 0 Å². The molecule has 0 saturated carbocycles. The van der Waals surface area contributed by atoms with Crippen LogP contribution in [-0.4, -0.2) is 17.5 Å². The minimum absolute atomic E-state index is 0.251. The van der Waals surface area contributed by atoms with E-state index in [1.807, 2.05) is 17.8 Å². The zero-order valence-electron chi connectivity index (χ0n) is 8.23. The molecule has 3 heteroatoms. The number of hydrogen-bond acceptors (Lipinski definition) is 3. The summed E-state index contributed by atoms with van der Waals surface area (Å²) in [5.41, 5.74) is 7.15. The predicted octanol–water partition coefficient (Wildman–Crippen LogP) is 2.57. The maximum Gasteiger partial charge on any atom is 0.0184 e. The van der Waals surface area contributed by atoms with Gasteiger partial charge in [-0.05, 0) is 17.7 Å². The van der Waals surface area contributed by atoms with Crippen molar-refractivity contribution in [2.75, 3.05) is 11.5 Å². The van der Waals surface area contributed by atoms with Crippen LogP contribution in [0.2, 0.25) is 0 Å². The molecule has 0 amide bonds. The molecule has 0 bridgehead atoms. The lowest BCUT2D eigenvalue weighted by atomic mass is 10.2. The maximum atomic E-state index is 5.76.